The third-order valence-corrected chi connectivity index (χ3v) is 8.89. The third kappa shape index (κ3) is 6.75. The number of aromatic nitrogens is 4. The number of carbonyl (C=O) groups is 1. The fraction of sp³-hybridized carbons (Fsp3) is 0.424. The highest BCUT2D eigenvalue weighted by atomic mass is 35.5. The van der Waals surface area contributed by atoms with Crippen molar-refractivity contribution in [1.29, 1.82) is 5.26 Å². The van der Waals surface area contributed by atoms with Crippen molar-refractivity contribution in [1.82, 2.24) is 25.3 Å². The summed E-state index contributed by atoms with van der Waals surface area (Å²) in [5.41, 5.74) is 2.06. The van der Waals surface area contributed by atoms with Gasteiger partial charge in [0.2, 0.25) is 0 Å². The van der Waals surface area contributed by atoms with E-state index in [1.165, 1.54) is 18.3 Å². The van der Waals surface area contributed by atoms with Gasteiger partial charge >= 0.3 is 6.09 Å². The van der Waals surface area contributed by atoms with Crippen molar-refractivity contribution in [3.05, 3.63) is 76.5 Å². The lowest BCUT2D eigenvalue weighted by Crippen LogP contribution is -2.49. The normalized spacial score (nSPS) is 19.6. The van der Waals surface area contributed by atoms with Crippen LogP contribution in [-0.4, -0.2) is 51.6 Å². The van der Waals surface area contributed by atoms with Crippen molar-refractivity contribution >= 4 is 47.8 Å². The molecule has 2 fully saturated rings. The summed E-state index contributed by atoms with van der Waals surface area (Å²) < 4.78 is 21.4. The Morgan fingerprint density at radius 3 is 2.52 bits per heavy atom. The number of benzene rings is 2. The lowest BCUT2D eigenvalue weighted by atomic mass is 9.69. The highest BCUT2D eigenvalue weighted by Gasteiger charge is 2.35. The zero-order valence-electron chi connectivity index (χ0n) is 26.4. The SMILES string of the molecule is BC(Nc1cc(Cl)c2ncc(C#N)c(N[C@@H]3CCCC[C@@H]3NC(=O)OC(C)(C)C)c2c1)(c1ccc(F)cc1)c1cn(C2CC2)nn1. The first-order valence-corrected chi connectivity index (χ1v) is 16.1. The van der Waals surface area contributed by atoms with Crippen molar-refractivity contribution in [2.75, 3.05) is 10.6 Å². The zero-order chi connectivity index (χ0) is 32.6. The van der Waals surface area contributed by atoms with E-state index >= 15 is 0 Å². The maximum atomic E-state index is 14.0. The van der Waals surface area contributed by atoms with Gasteiger partial charge in [-0.15, -0.1) is 5.10 Å². The predicted molar refractivity (Wildman–Crippen MR) is 178 cm³/mol. The van der Waals surface area contributed by atoms with Gasteiger partial charge < -0.3 is 20.7 Å². The minimum atomic E-state index is -0.905. The number of amides is 1. The largest absolute Gasteiger partial charge is 0.444 e. The maximum Gasteiger partial charge on any atom is 0.407 e. The summed E-state index contributed by atoms with van der Waals surface area (Å²) in [6, 6.07) is 12.2. The molecule has 1 unspecified atom stereocenters. The highest BCUT2D eigenvalue weighted by Crippen LogP contribution is 2.39. The molecule has 0 aliphatic heterocycles. The van der Waals surface area contributed by atoms with E-state index in [2.05, 4.69) is 37.3 Å². The van der Waals surface area contributed by atoms with Gasteiger partial charge in [0.25, 0.3) is 0 Å². The summed E-state index contributed by atoms with van der Waals surface area (Å²) in [6.45, 7) is 5.49. The molecule has 13 heteroatoms. The van der Waals surface area contributed by atoms with Crippen LogP contribution in [0.4, 0.5) is 20.6 Å². The number of rotatable bonds is 8. The second kappa shape index (κ2) is 12.4. The molecule has 0 radical (unpaired) electrons. The average molecular weight is 643 g/mol. The monoisotopic (exact) mass is 642 g/mol. The van der Waals surface area contributed by atoms with Crippen molar-refractivity contribution in [2.45, 2.75) is 88.5 Å². The predicted octanol–water partition coefficient (Wildman–Crippen LogP) is 6.02. The topological polar surface area (TPSA) is 130 Å². The van der Waals surface area contributed by atoms with Crippen LogP contribution in [-0.2, 0) is 10.2 Å². The van der Waals surface area contributed by atoms with E-state index in [9.17, 15) is 14.4 Å². The Balaban J connectivity index is 1.38. The number of nitrogens with one attached hydrogen (secondary N) is 3. The van der Waals surface area contributed by atoms with Crippen LogP contribution in [0.25, 0.3) is 10.9 Å². The Hall–Kier alpha value is -4.37. The molecule has 238 valence electrons. The molecule has 2 saturated carbocycles. The van der Waals surface area contributed by atoms with E-state index in [-0.39, 0.29) is 17.9 Å². The van der Waals surface area contributed by atoms with Gasteiger partial charge in [0, 0.05) is 23.3 Å². The molecule has 2 aromatic carbocycles. The Morgan fingerprint density at radius 2 is 1.85 bits per heavy atom. The van der Waals surface area contributed by atoms with E-state index in [0.717, 1.165) is 44.1 Å². The minimum Gasteiger partial charge on any atom is -0.444 e. The second-order valence-corrected chi connectivity index (χ2v) is 13.8. The molecule has 0 saturated heterocycles. The van der Waals surface area contributed by atoms with Crippen molar-refractivity contribution in [3.63, 3.8) is 0 Å². The molecule has 0 bridgehead atoms. The molecule has 10 nitrogen and oxygen atoms in total. The Morgan fingerprint density at radius 1 is 1.13 bits per heavy atom. The highest BCUT2D eigenvalue weighted by molar-refractivity contribution is 6.36. The lowest BCUT2D eigenvalue weighted by molar-refractivity contribution is 0.0488. The Bertz CT molecular complexity index is 1800. The van der Waals surface area contributed by atoms with Crippen LogP contribution in [0.3, 0.4) is 0 Å². The number of nitrogens with zero attached hydrogens (tertiary/aromatic N) is 5. The van der Waals surface area contributed by atoms with E-state index in [1.807, 2.05) is 45.6 Å². The molecule has 6 rings (SSSR count). The molecule has 1 amide bonds. The lowest BCUT2D eigenvalue weighted by Gasteiger charge is -2.34. The van der Waals surface area contributed by atoms with Gasteiger partial charge in [0.05, 0.1) is 45.5 Å². The number of ether oxygens (including phenoxy) is 1. The quantitative estimate of drug-likeness (QED) is 0.199. The summed E-state index contributed by atoms with van der Waals surface area (Å²) in [7, 11) is 1.97. The third-order valence-electron chi connectivity index (χ3n) is 8.60. The Labute approximate surface area is 273 Å². The van der Waals surface area contributed by atoms with Crippen LogP contribution in [0.15, 0.2) is 48.8 Å². The smallest absolute Gasteiger partial charge is 0.407 e. The van der Waals surface area contributed by atoms with E-state index in [0.29, 0.717) is 44.6 Å². The van der Waals surface area contributed by atoms with Crippen LogP contribution < -0.4 is 16.0 Å². The molecule has 46 heavy (non-hydrogen) atoms. The molecule has 2 heterocycles. The fourth-order valence-electron chi connectivity index (χ4n) is 6.07. The molecular weight excluding hydrogens is 606 g/mol. The molecule has 2 aliphatic rings. The van der Waals surface area contributed by atoms with E-state index in [4.69, 9.17) is 16.3 Å². The molecule has 3 atom stereocenters. The number of anilines is 2. The van der Waals surface area contributed by atoms with Gasteiger partial charge in [-0.2, -0.15) is 5.26 Å². The summed E-state index contributed by atoms with van der Waals surface area (Å²) in [4.78, 5) is 17.2. The van der Waals surface area contributed by atoms with Gasteiger partial charge in [-0.3, -0.25) is 4.98 Å². The second-order valence-electron chi connectivity index (χ2n) is 13.4. The van der Waals surface area contributed by atoms with Crippen LogP contribution >= 0.6 is 11.6 Å². The van der Waals surface area contributed by atoms with Gasteiger partial charge in [-0.05, 0) is 76.3 Å². The standard InChI is InChI=1S/C33H37BClFN8O2/c1-32(2,3)46-31(45)40-27-7-5-4-6-26(27)39-29-19(16-37)17-38-30-24(29)14-22(15-25(30)35)41-33(34,20-8-10-21(36)11-9-20)28-18-44(43-42-28)23-12-13-23/h8-11,14-15,17-18,23,26-27,41H,4-7,12-13,34H2,1-3H3,(H,38,39)(H,40,45)/t26-,27+,33?/m1/s1. The van der Waals surface area contributed by atoms with Crippen LogP contribution in [0, 0.1) is 17.1 Å². The molecule has 0 spiro atoms. The first-order chi connectivity index (χ1) is 21.9. The first-order valence-electron chi connectivity index (χ1n) is 15.7. The number of hydrogen-bond donors (Lipinski definition) is 3. The maximum absolute atomic E-state index is 14.0. The molecule has 4 aromatic rings. The van der Waals surface area contributed by atoms with Crippen molar-refractivity contribution < 1.29 is 13.9 Å². The number of fused-ring (bicyclic) bond motifs is 1. The van der Waals surface area contributed by atoms with Crippen molar-refractivity contribution in [2.24, 2.45) is 0 Å². The Kier molecular flexibility index (Phi) is 8.55. The van der Waals surface area contributed by atoms with E-state index < -0.39 is 17.1 Å². The number of halogens is 2. The van der Waals surface area contributed by atoms with Gasteiger partial charge in [0.15, 0.2) is 0 Å². The van der Waals surface area contributed by atoms with Gasteiger partial charge in [-0.1, -0.05) is 41.8 Å². The summed E-state index contributed by atoms with van der Waals surface area (Å²) in [5.74, 6) is -0.338. The number of nitriles is 1. The first kappa shape index (κ1) is 31.6. The van der Waals surface area contributed by atoms with Crippen LogP contribution in [0.1, 0.15) is 82.2 Å². The van der Waals surface area contributed by atoms with Gasteiger partial charge in [0.1, 0.15) is 31.0 Å². The van der Waals surface area contributed by atoms with Crippen LogP contribution in [0.2, 0.25) is 5.02 Å². The van der Waals surface area contributed by atoms with E-state index in [1.54, 1.807) is 18.2 Å². The number of alkyl carbamates (subject to hydrolysis) is 1. The fourth-order valence-corrected chi connectivity index (χ4v) is 6.34. The zero-order valence-corrected chi connectivity index (χ0v) is 27.2. The summed E-state index contributed by atoms with van der Waals surface area (Å²) in [6.07, 6.45) is 8.59. The number of carbonyl (C=O) groups excluding carboxylic acids is 1. The molecular formula is C33H37BClFN8O2. The number of hydrogen-bond acceptors (Lipinski definition) is 8. The molecule has 2 aromatic heterocycles. The summed E-state index contributed by atoms with van der Waals surface area (Å²) in [5, 5.41) is 30.3. The van der Waals surface area contributed by atoms with Gasteiger partial charge in [-0.25, -0.2) is 13.9 Å². The average Bonchev–Trinajstić information content (AvgIpc) is 3.73. The molecule has 2 aliphatic carbocycles. The van der Waals surface area contributed by atoms with Crippen LogP contribution in [0.5, 0.6) is 0 Å². The number of pyridine rings is 1. The van der Waals surface area contributed by atoms with Crippen molar-refractivity contribution in [3.8, 4) is 6.07 Å². The minimum absolute atomic E-state index is 0.156. The molecule has 3 N–H and O–H groups in total. The summed E-state index contributed by atoms with van der Waals surface area (Å²) >= 11 is 6.86.